The van der Waals surface area contributed by atoms with Gasteiger partial charge in [0.25, 0.3) is 0 Å². The molecule has 264 valence electrons. The van der Waals surface area contributed by atoms with Crippen LogP contribution in [0.1, 0.15) is 92.7 Å². The van der Waals surface area contributed by atoms with Gasteiger partial charge in [-0.15, -0.1) is 0 Å². The highest BCUT2D eigenvalue weighted by Crippen LogP contribution is 2.67. The number of carbonyl (C=O) groups is 4. The Morgan fingerprint density at radius 2 is 1.30 bits per heavy atom. The van der Waals surface area contributed by atoms with E-state index in [9.17, 15) is 29.1 Å². The number of phenols is 1. The van der Waals surface area contributed by atoms with Crippen LogP contribution in [-0.4, -0.2) is 51.9 Å². The van der Waals surface area contributed by atoms with Crippen LogP contribution in [0.15, 0.2) is 39.5 Å². The van der Waals surface area contributed by atoms with Crippen molar-refractivity contribution in [3.8, 4) is 11.5 Å². The molecule has 4 heterocycles. The lowest BCUT2D eigenvalue weighted by atomic mass is 9.66. The average molecular weight is 689 g/mol. The molecule has 0 radical (unpaired) electrons. The Morgan fingerprint density at radius 1 is 0.760 bits per heavy atom. The molecule has 3 aliphatic heterocycles. The minimum absolute atomic E-state index is 0.0270. The number of benzene rings is 2. The number of ether oxygens (including phenoxy) is 5. The summed E-state index contributed by atoms with van der Waals surface area (Å²) in [7, 11) is 0. The molecule has 0 amide bonds. The van der Waals surface area contributed by atoms with Crippen molar-refractivity contribution in [1.29, 1.82) is 0 Å². The zero-order chi connectivity index (χ0) is 36.2. The molecule has 4 fully saturated rings. The zero-order valence-corrected chi connectivity index (χ0v) is 29.3. The summed E-state index contributed by atoms with van der Waals surface area (Å²) in [6.45, 7) is 14.0. The molecule has 2 aromatic carbocycles. The first-order chi connectivity index (χ1) is 23.2. The van der Waals surface area contributed by atoms with Crippen molar-refractivity contribution >= 4 is 45.8 Å². The maximum Gasteiger partial charge on any atom is 0.351 e. The predicted octanol–water partition coefficient (Wildman–Crippen LogP) is 5.56. The van der Waals surface area contributed by atoms with Gasteiger partial charge in [-0.2, -0.15) is 0 Å². The van der Waals surface area contributed by atoms with Gasteiger partial charge in [0.05, 0.1) is 21.8 Å². The second-order valence-corrected chi connectivity index (χ2v) is 16.6. The zero-order valence-electron chi connectivity index (χ0n) is 29.3. The summed E-state index contributed by atoms with van der Waals surface area (Å²) < 4.78 is 37.1. The molecule has 12 heteroatoms. The molecule has 3 aromatic rings. The number of aromatic hydroxyl groups is 1. The Balaban J connectivity index is 1.32. The van der Waals surface area contributed by atoms with Crippen LogP contribution in [0.3, 0.4) is 0 Å². The largest absolute Gasteiger partial charge is 0.507 e. The van der Waals surface area contributed by atoms with Gasteiger partial charge in [-0.25, -0.2) is 9.59 Å². The number of hydrogen-bond acceptors (Lipinski definition) is 12. The quantitative estimate of drug-likeness (QED) is 0.206. The van der Waals surface area contributed by atoms with Crippen LogP contribution < -0.4 is 10.2 Å². The highest BCUT2D eigenvalue weighted by Gasteiger charge is 2.78. The minimum atomic E-state index is -1.66. The van der Waals surface area contributed by atoms with E-state index in [-0.39, 0.29) is 46.1 Å². The molecule has 12 nitrogen and oxygen atoms in total. The van der Waals surface area contributed by atoms with Crippen LogP contribution in [0.5, 0.6) is 11.5 Å². The smallest absolute Gasteiger partial charge is 0.351 e. The third-order valence-corrected chi connectivity index (χ3v) is 13.7. The Kier molecular flexibility index (Phi) is 6.11. The van der Waals surface area contributed by atoms with Gasteiger partial charge in [-0.05, 0) is 65.5 Å². The average Bonchev–Trinajstić information content (AvgIpc) is 3.50. The van der Waals surface area contributed by atoms with Crippen molar-refractivity contribution in [2.45, 2.75) is 110 Å². The maximum atomic E-state index is 14.6. The topological polar surface area (TPSA) is 165 Å². The Morgan fingerprint density at radius 3 is 1.82 bits per heavy atom. The minimum Gasteiger partial charge on any atom is -0.507 e. The molecule has 1 N–H and O–H groups in total. The SMILES string of the molecule is CC1(C)Oc2cc(O)c3c(=O)c4ccccc4oc3c2[C@@H](OC(=O)[C@@]23CC[C@@](C)(C(=O)O2)C3(C)C)[C@H]1OC(=O)[C@@]12CC[C@@](C)(C(=O)O1)C2(C)C. The molecule has 1 aromatic heterocycles. The molecule has 5 aliphatic rings. The molecule has 0 spiro atoms. The van der Waals surface area contributed by atoms with E-state index in [2.05, 4.69) is 0 Å². The molecule has 0 unspecified atom stereocenters. The van der Waals surface area contributed by atoms with E-state index in [1.807, 2.05) is 0 Å². The summed E-state index contributed by atoms with van der Waals surface area (Å²) in [5, 5.41) is 11.2. The fraction of sp³-hybridized carbons (Fsp3) is 0.553. The van der Waals surface area contributed by atoms with Crippen molar-refractivity contribution in [3.63, 3.8) is 0 Å². The summed E-state index contributed by atoms with van der Waals surface area (Å²) in [4.78, 5) is 69.1. The van der Waals surface area contributed by atoms with E-state index < -0.39 is 85.7 Å². The summed E-state index contributed by atoms with van der Waals surface area (Å²) in [6.07, 6.45) is -1.69. The number of phenolic OH excluding ortho intramolecular Hbond substituents is 1. The fourth-order valence-corrected chi connectivity index (χ4v) is 9.31. The van der Waals surface area contributed by atoms with E-state index in [1.165, 1.54) is 6.07 Å². The van der Waals surface area contributed by atoms with E-state index in [0.29, 0.717) is 12.8 Å². The lowest BCUT2D eigenvalue weighted by Crippen LogP contribution is -2.57. The Labute approximate surface area is 287 Å². The second-order valence-electron chi connectivity index (χ2n) is 16.6. The van der Waals surface area contributed by atoms with Gasteiger partial charge in [-0.1, -0.05) is 39.8 Å². The molecule has 2 saturated heterocycles. The van der Waals surface area contributed by atoms with Crippen molar-refractivity contribution < 1.29 is 52.4 Å². The van der Waals surface area contributed by atoms with Gasteiger partial charge in [0.2, 0.25) is 16.6 Å². The highest BCUT2D eigenvalue weighted by molar-refractivity contribution is 5.98. The summed E-state index contributed by atoms with van der Waals surface area (Å²) in [5.41, 5.74) is -8.93. The number of carbonyl (C=O) groups excluding carboxylic acids is 4. The molecule has 6 atom stereocenters. The van der Waals surface area contributed by atoms with E-state index in [0.717, 1.165) is 0 Å². The molecule has 50 heavy (non-hydrogen) atoms. The Bertz CT molecular complexity index is 2160. The van der Waals surface area contributed by atoms with Crippen LogP contribution in [-0.2, 0) is 38.1 Å². The molecule has 4 bridgehead atoms. The number of rotatable bonds is 4. The van der Waals surface area contributed by atoms with Crippen molar-refractivity contribution in [2.24, 2.45) is 21.7 Å². The molecule has 2 aliphatic carbocycles. The normalized spacial score (nSPS) is 35.4. The lowest BCUT2D eigenvalue weighted by Gasteiger charge is -2.45. The third-order valence-electron chi connectivity index (χ3n) is 13.7. The maximum absolute atomic E-state index is 14.6. The number of esters is 4. The van der Waals surface area contributed by atoms with E-state index >= 15 is 0 Å². The number of para-hydroxylation sites is 1. The first-order valence-corrected chi connectivity index (χ1v) is 17.0. The monoisotopic (exact) mass is 688 g/mol. The highest BCUT2D eigenvalue weighted by atomic mass is 16.7. The molecule has 8 rings (SSSR count). The Hall–Kier alpha value is -4.61. The number of fused-ring (bicyclic) bond motifs is 8. The van der Waals surface area contributed by atoms with Crippen LogP contribution in [0.25, 0.3) is 21.9 Å². The first-order valence-electron chi connectivity index (χ1n) is 17.0. The van der Waals surface area contributed by atoms with E-state index in [4.69, 9.17) is 28.1 Å². The first kappa shape index (κ1) is 32.6. The summed E-state index contributed by atoms with van der Waals surface area (Å²) in [5.74, 6) is -3.11. The van der Waals surface area contributed by atoms with Gasteiger partial charge in [0.1, 0.15) is 28.1 Å². The summed E-state index contributed by atoms with van der Waals surface area (Å²) >= 11 is 0. The molecular formula is C38H40O12. The number of hydrogen-bond donors (Lipinski definition) is 1. The summed E-state index contributed by atoms with van der Waals surface area (Å²) in [6, 6.07) is 7.74. The van der Waals surface area contributed by atoms with Gasteiger partial charge in [0, 0.05) is 16.9 Å². The van der Waals surface area contributed by atoms with E-state index in [1.54, 1.807) is 79.7 Å². The van der Waals surface area contributed by atoms with Crippen LogP contribution in [0, 0.1) is 21.7 Å². The van der Waals surface area contributed by atoms with Crippen LogP contribution >= 0.6 is 0 Å². The van der Waals surface area contributed by atoms with Crippen molar-refractivity contribution in [3.05, 3.63) is 46.1 Å². The van der Waals surface area contributed by atoms with Crippen molar-refractivity contribution in [1.82, 2.24) is 0 Å². The predicted molar refractivity (Wildman–Crippen MR) is 175 cm³/mol. The third kappa shape index (κ3) is 3.49. The lowest BCUT2D eigenvalue weighted by molar-refractivity contribution is -0.217. The molecule has 2 saturated carbocycles. The van der Waals surface area contributed by atoms with Crippen LogP contribution in [0.2, 0.25) is 0 Å². The fourth-order valence-electron chi connectivity index (χ4n) is 9.31. The van der Waals surface area contributed by atoms with Gasteiger partial charge in [0.15, 0.2) is 17.8 Å². The van der Waals surface area contributed by atoms with Crippen LogP contribution in [0.4, 0.5) is 0 Å². The second kappa shape index (κ2) is 9.38. The van der Waals surface area contributed by atoms with Gasteiger partial charge >= 0.3 is 23.9 Å². The van der Waals surface area contributed by atoms with Gasteiger partial charge < -0.3 is 33.2 Å². The molecular weight excluding hydrogens is 648 g/mol. The van der Waals surface area contributed by atoms with Gasteiger partial charge in [-0.3, -0.25) is 14.4 Å². The standard InChI is InChI=1S/C38H40O12/c1-32(2)27(47-31(44)38-16-14-36(8,29(42)50-38)34(38,5)6)26(46-30(43)37-15-13-35(7,28(41)49-37)33(37,3)4)23-21(48-32)17-19(39)22-24(40)18-11-9-10-12-20(18)45-25(22)23/h9-12,17,26-27,39H,13-16H2,1-8H3/t26-,27-,35+,36+,37-,38-/m1/s1. The van der Waals surface area contributed by atoms with Crippen molar-refractivity contribution in [2.75, 3.05) is 0 Å².